The van der Waals surface area contributed by atoms with Crippen molar-refractivity contribution in [1.82, 2.24) is 15.2 Å². The van der Waals surface area contributed by atoms with Crippen LogP contribution in [0.4, 0.5) is 11.5 Å². The van der Waals surface area contributed by atoms with Gasteiger partial charge < -0.3 is 15.5 Å². The van der Waals surface area contributed by atoms with Gasteiger partial charge in [0.2, 0.25) is 5.91 Å². The monoisotopic (exact) mass is 351 g/mol. The Hall–Kier alpha value is -1.87. The molecule has 130 valence electrons. The van der Waals surface area contributed by atoms with E-state index in [1.54, 1.807) is 6.07 Å². The quantitative estimate of drug-likeness (QED) is 0.605. The first-order valence-electron chi connectivity index (χ1n) is 8.07. The third-order valence-corrected chi connectivity index (χ3v) is 5.40. The average molecular weight is 351 g/mol. The van der Waals surface area contributed by atoms with E-state index in [2.05, 4.69) is 15.6 Å². The van der Waals surface area contributed by atoms with Crippen LogP contribution in [-0.2, 0) is 4.79 Å². The Kier molecular flexibility index (Phi) is 5.52. The molecule has 0 aromatic carbocycles. The van der Waals surface area contributed by atoms with Gasteiger partial charge in [-0.05, 0) is 12.5 Å². The number of likely N-dealkylation sites (tertiary alicyclic amines) is 1. The fourth-order valence-corrected chi connectivity index (χ4v) is 3.93. The van der Waals surface area contributed by atoms with Gasteiger partial charge in [0.05, 0.1) is 4.92 Å². The topological polar surface area (TPSA) is 100 Å². The molecule has 2 atom stereocenters. The van der Waals surface area contributed by atoms with Crippen LogP contribution in [-0.4, -0.2) is 63.9 Å². The summed E-state index contributed by atoms with van der Waals surface area (Å²) in [5.41, 5.74) is -0.0263. The van der Waals surface area contributed by atoms with Crippen molar-refractivity contribution < 1.29 is 9.72 Å². The van der Waals surface area contributed by atoms with Crippen LogP contribution < -0.4 is 10.6 Å². The van der Waals surface area contributed by atoms with Gasteiger partial charge in [-0.3, -0.25) is 14.9 Å². The standard InChI is InChI=1S/C15H21N5O3S/c21-15(7-12-10-24-6-4-16-12)19-5-3-11(9-19)18-14-2-1-13(8-17-14)20(22)23/h1-2,8,11-12,16H,3-7,9-10H2,(H,17,18). The minimum Gasteiger partial charge on any atom is -0.365 e. The van der Waals surface area contributed by atoms with E-state index in [1.807, 2.05) is 16.7 Å². The van der Waals surface area contributed by atoms with Gasteiger partial charge >= 0.3 is 0 Å². The molecule has 0 aliphatic carbocycles. The second-order valence-corrected chi connectivity index (χ2v) is 7.21. The summed E-state index contributed by atoms with van der Waals surface area (Å²) >= 11 is 1.89. The first kappa shape index (κ1) is 17.0. The minimum atomic E-state index is -0.468. The highest BCUT2D eigenvalue weighted by Gasteiger charge is 2.28. The molecule has 0 radical (unpaired) electrons. The number of nitrogens with zero attached hydrogens (tertiary/aromatic N) is 3. The van der Waals surface area contributed by atoms with Crippen molar-refractivity contribution in [1.29, 1.82) is 0 Å². The second kappa shape index (κ2) is 7.80. The molecule has 0 bridgehead atoms. The third kappa shape index (κ3) is 4.35. The molecule has 1 aromatic rings. The molecule has 0 spiro atoms. The lowest BCUT2D eigenvalue weighted by Gasteiger charge is -2.25. The Morgan fingerprint density at radius 2 is 2.42 bits per heavy atom. The van der Waals surface area contributed by atoms with E-state index in [1.165, 1.54) is 12.3 Å². The Bertz CT molecular complexity index is 591. The molecule has 2 unspecified atom stereocenters. The zero-order valence-corrected chi connectivity index (χ0v) is 14.1. The minimum absolute atomic E-state index is 0.0263. The number of nitrogens with one attached hydrogen (secondary N) is 2. The van der Waals surface area contributed by atoms with Crippen molar-refractivity contribution in [2.24, 2.45) is 0 Å². The van der Waals surface area contributed by atoms with E-state index in [0.717, 1.165) is 31.0 Å². The number of carbonyl (C=O) groups is 1. The average Bonchev–Trinajstić information content (AvgIpc) is 3.05. The maximum atomic E-state index is 12.4. The van der Waals surface area contributed by atoms with Gasteiger partial charge in [0.25, 0.3) is 5.69 Å². The van der Waals surface area contributed by atoms with Crippen LogP contribution in [0.15, 0.2) is 18.3 Å². The molecule has 24 heavy (non-hydrogen) atoms. The highest BCUT2D eigenvalue weighted by atomic mass is 32.2. The highest BCUT2D eigenvalue weighted by Crippen LogP contribution is 2.18. The number of anilines is 1. The zero-order chi connectivity index (χ0) is 16.9. The highest BCUT2D eigenvalue weighted by molar-refractivity contribution is 7.99. The second-order valence-electron chi connectivity index (χ2n) is 6.06. The number of hydrogen-bond donors (Lipinski definition) is 2. The summed E-state index contributed by atoms with van der Waals surface area (Å²) in [5.74, 6) is 2.90. The van der Waals surface area contributed by atoms with Crippen LogP contribution in [0.1, 0.15) is 12.8 Å². The van der Waals surface area contributed by atoms with Gasteiger partial charge in [-0.15, -0.1) is 0 Å². The summed E-state index contributed by atoms with van der Waals surface area (Å²) < 4.78 is 0. The van der Waals surface area contributed by atoms with E-state index >= 15 is 0 Å². The lowest BCUT2D eigenvalue weighted by atomic mass is 10.2. The summed E-state index contributed by atoms with van der Waals surface area (Å²) in [4.78, 5) is 28.5. The first-order valence-corrected chi connectivity index (χ1v) is 9.23. The summed E-state index contributed by atoms with van der Waals surface area (Å²) in [6, 6.07) is 3.45. The summed E-state index contributed by atoms with van der Waals surface area (Å²) in [6.07, 6.45) is 2.65. The Balaban J connectivity index is 1.47. The number of rotatable bonds is 5. The summed E-state index contributed by atoms with van der Waals surface area (Å²) in [6.45, 7) is 2.36. The fraction of sp³-hybridized carbons (Fsp3) is 0.600. The lowest BCUT2D eigenvalue weighted by molar-refractivity contribution is -0.385. The molecule has 3 heterocycles. The Morgan fingerprint density at radius 1 is 1.54 bits per heavy atom. The third-order valence-electron chi connectivity index (χ3n) is 4.27. The van der Waals surface area contributed by atoms with Gasteiger partial charge in [0.1, 0.15) is 12.0 Å². The molecule has 9 heteroatoms. The summed E-state index contributed by atoms with van der Waals surface area (Å²) in [5, 5.41) is 17.3. The SMILES string of the molecule is O=C(CC1CSCCN1)N1CCC(Nc2ccc([N+](=O)[O-])cn2)C1. The van der Waals surface area contributed by atoms with E-state index in [9.17, 15) is 14.9 Å². The molecule has 8 nitrogen and oxygen atoms in total. The number of thioether (sulfide) groups is 1. The Morgan fingerprint density at radius 3 is 3.08 bits per heavy atom. The summed E-state index contributed by atoms with van der Waals surface area (Å²) in [7, 11) is 0. The van der Waals surface area contributed by atoms with Crippen molar-refractivity contribution in [3.63, 3.8) is 0 Å². The van der Waals surface area contributed by atoms with Crippen LogP contribution in [0, 0.1) is 10.1 Å². The number of hydrogen-bond acceptors (Lipinski definition) is 7. The molecule has 3 rings (SSSR count). The molecule has 2 N–H and O–H groups in total. The number of aromatic nitrogens is 1. The maximum Gasteiger partial charge on any atom is 0.287 e. The van der Waals surface area contributed by atoms with Crippen molar-refractivity contribution in [3.8, 4) is 0 Å². The maximum absolute atomic E-state index is 12.4. The number of carbonyl (C=O) groups excluding carboxylic acids is 1. The smallest absolute Gasteiger partial charge is 0.287 e. The van der Waals surface area contributed by atoms with Crippen molar-refractivity contribution >= 4 is 29.2 Å². The lowest BCUT2D eigenvalue weighted by Crippen LogP contribution is -2.42. The van der Waals surface area contributed by atoms with E-state index in [4.69, 9.17) is 0 Å². The van der Waals surface area contributed by atoms with Crippen LogP contribution in [0.2, 0.25) is 0 Å². The van der Waals surface area contributed by atoms with Crippen molar-refractivity contribution in [2.45, 2.75) is 24.9 Å². The van der Waals surface area contributed by atoms with E-state index in [0.29, 0.717) is 18.8 Å². The van der Waals surface area contributed by atoms with E-state index in [-0.39, 0.29) is 23.7 Å². The zero-order valence-electron chi connectivity index (χ0n) is 13.3. The fourth-order valence-electron chi connectivity index (χ4n) is 2.98. The number of pyridine rings is 1. The normalized spacial score (nSPS) is 23.9. The molecular weight excluding hydrogens is 330 g/mol. The molecular formula is C15H21N5O3S. The van der Waals surface area contributed by atoms with Gasteiger partial charge in [-0.2, -0.15) is 11.8 Å². The predicted octanol–water partition coefficient (Wildman–Crippen LogP) is 1.10. The predicted molar refractivity (Wildman–Crippen MR) is 93.2 cm³/mol. The van der Waals surface area contributed by atoms with Gasteiger partial charge in [-0.25, -0.2) is 4.98 Å². The van der Waals surface area contributed by atoms with Gasteiger partial charge in [0.15, 0.2) is 0 Å². The molecule has 2 fully saturated rings. The molecule has 1 amide bonds. The molecule has 2 saturated heterocycles. The van der Waals surface area contributed by atoms with Crippen molar-refractivity contribution in [3.05, 3.63) is 28.4 Å². The van der Waals surface area contributed by atoms with Crippen LogP contribution in [0.5, 0.6) is 0 Å². The van der Waals surface area contributed by atoms with Crippen LogP contribution in [0.3, 0.4) is 0 Å². The van der Waals surface area contributed by atoms with Crippen molar-refractivity contribution in [2.75, 3.05) is 36.5 Å². The Labute approximate surface area is 144 Å². The molecule has 2 aliphatic rings. The van der Waals surface area contributed by atoms with Crippen LogP contribution in [0.25, 0.3) is 0 Å². The van der Waals surface area contributed by atoms with E-state index < -0.39 is 4.92 Å². The van der Waals surface area contributed by atoms with Crippen LogP contribution >= 0.6 is 11.8 Å². The number of nitro groups is 1. The molecule has 1 aromatic heterocycles. The number of amides is 1. The first-order chi connectivity index (χ1) is 11.6. The molecule has 2 aliphatic heterocycles. The van der Waals surface area contributed by atoms with Gasteiger partial charge in [-0.1, -0.05) is 0 Å². The molecule has 0 saturated carbocycles. The van der Waals surface area contributed by atoms with Gasteiger partial charge in [0, 0.05) is 55.7 Å². The largest absolute Gasteiger partial charge is 0.365 e.